The molecule has 0 spiro atoms. The fourth-order valence-corrected chi connectivity index (χ4v) is 5.09. The van der Waals surface area contributed by atoms with Crippen LogP contribution in [0.25, 0.3) is 0 Å². The lowest BCUT2D eigenvalue weighted by Crippen LogP contribution is -2.47. The Balaban J connectivity index is 1.87. The minimum atomic E-state index is -3.85. The zero-order valence-corrected chi connectivity index (χ0v) is 18.7. The molecular weight excluding hydrogens is 444 g/mol. The molecule has 10 nitrogen and oxygen atoms in total. The summed E-state index contributed by atoms with van der Waals surface area (Å²) in [6, 6.07) is 9.41. The smallest absolute Gasteiger partial charge is 0.259 e. The average Bonchev–Trinajstić information content (AvgIpc) is 2.73. The topological polar surface area (TPSA) is 139 Å². The van der Waals surface area contributed by atoms with Crippen LogP contribution in [0.3, 0.4) is 0 Å². The molecule has 12 heteroatoms. The molecule has 1 saturated heterocycles. The van der Waals surface area contributed by atoms with Crippen LogP contribution in [0, 0.1) is 0 Å². The van der Waals surface area contributed by atoms with E-state index in [-0.39, 0.29) is 21.1 Å². The van der Waals surface area contributed by atoms with E-state index in [1.165, 1.54) is 53.9 Å². The summed E-state index contributed by atoms with van der Waals surface area (Å²) in [7, 11) is -4.32. The van der Waals surface area contributed by atoms with Gasteiger partial charge in [-0.3, -0.25) is 4.79 Å². The molecule has 0 aromatic heterocycles. The van der Waals surface area contributed by atoms with Gasteiger partial charge in [-0.25, -0.2) is 22.0 Å². The molecule has 1 aliphatic heterocycles. The normalized spacial score (nSPS) is 16.1. The number of nitrogens with two attached hydrogens (primary N) is 1. The van der Waals surface area contributed by atoms with Gasteiger partial charge in [0.05, 0.1) is 22.5 Å². The van der Waals surface area contributed by atoms with Gasteiger partial charge in [0, 0.05) is 31.9 Å². The maximum absolute atomic E-state index is 13.0. The molecule has 0 saturated carbocycles. The second-order valence-electron chi connectivity index (χ2n) is 7.09. The lowest BCUT2D eigenvalue weighted by Gasteiger charge is -2.31. The van der Waals surface area contributed by atoms with Gasteiger partial charge in [0.15, 0.2) is 0 Å². The number of hydrogen-bond donors (Lipinski definition) is 2. The molecule has 168 valence electrons. The van der Waals surface area contributed by atoms with Crippen LogP contribution in [-0.4, -0.2) is 72.3 Å². The summed E-state index contributed by atoms with van der Waals surface area (Å²) in [6.07, 6.45) is 0. The van der Waals surface area contributed by atoms with Crippen LogP contribution in [0.2, 0.25) is 0 Å². The van der Waals surface area contributed by atoms with Gasteiger partial charge in [-0.2, -0.15) is 4.31 Å². The number of nitrogens with one attached hydrogen (secondary N) is 1. The molecule has 1 aliphatic rings. The Kier molecular flexibility index (Phi) is 6.67. The van der Waals surface area contributed by atoms with E-state index in [0.29, 0.717) is 31.9 Å². The highest BCUT2D eigenvalue weighted by atomic mass is 32.2. The fraction of sp³-hybridized carbons (Fsp3) is 0.316. The first-order valence-electron chi connectivity index (χ1n) is 9.33. The van der Waals surface area contributed by atoms with Crippen LogP contribution in [-0.2, 0) is 20.0 Å². The van der Waals surface area contributed by atoms with Crippen LogP contribution >= 0.6 is 0 Å². The molecule has 0 unspecified atom stereocenters. The number of sulfonamides is 2. The molecule has 1 heterocycles. The molecule has 2 aromatic carbocycles. The lowest BCUT2D eigenvalue weighted by atomic mass is 10.2. The number of likely N-dealkylation sites (N-methyl/N-ethyl adjacent to an activating group) is 1. The van der Waals surface area contributed by atoms with Crippen molar-refractivity contribution in [2.45, 2.75) is 9.79 Å². The number of anilines is 1. The number of nitrogens with zero attached hydrogens (tertiary/aromatic N) is 2. The molecule has 1 fully saturated rings. The average molecular weight is 469 g/mol. The van der Waals surface area contributed by atoms with E-state index in [2.05, 4.69) is 5.32 Å². The lowest BCUT2D eigenvalue weighted by molar-refractivity contribution is 0.102. The third-order valence-electron chi connectivity index (χ3n) is 4.96. The number of rotatable bonds is 6. The summed E-state index contributed by atoms with van der Waals surface area (Å²) in [5, 5.41) is 7.67. The number of piperazine rings is 1. The molecule has 0 aliphatic carbocycles. The summed E-state index contributed by atoms with van der Waals surface area (Å²) < 4.78 is 55.4. The van der Waals surface area contributed by atoms with Crippen molar-refractivity contribution in [3.63, 3.8) is 0 Å². The van der Waals surface area contributed by atoms with Gasteiger partial charge < -0.3 is 15.0 Å². The number of amides is 1. The molecule has 0 atom stereocenters. The van der Waals surface area contributed by atoms with E-state index in [1.54, 1.807) is 0 Å². The first kappa shape index (κ1) is 23.2. The maximum atomic E-state index is 13.0. The molecular formula is C19H24N4O6S2. The van der Waals surface area contributed by atoms with Crippen molar-refractivity contribution >= 4 is 31.6 Å². The van der Waals surface area contributed by atoms with Gasteiger partial charge in [-0.15, -0.1) is 0 Å². The third kappa shape index (κ3) is 5.22. The summed E-state index contributed by atoms with van der Waals surface area (Å²) in [4.78, 5) is 14.8. The largest absolute Gasteiger partial charge is 0.496 e. The first-order chi connectivity index (χ1) is 14.5. The van der Waals surface area contributed by atoms with E-state index >= 15 is 0 Å². The molecule has 3 rings (SSSR count). The number of methoxy groups -OCH3 is 1. The highest BCUT2D eigenvalue weighted by Crippen LogP contribution is 2.26. The zero-order valence-electron chi connectivity index (χ0n) is 17.1. The quantitative estimate of drug-likeness (QED) is 0.630. The van der Waals surface area contributed by atoms with E-state index in [0.717, 1.165) is 0 Å². The minimum absolute atomic E-state index is 0.00687. The van der Waals surface area contributed by atoms with Gasteiger partial charge in [0.25, 0.3) is 5.91 Å². The SMILES string of the molecule is COc1ccc(S(=O)(=O)N2CCN(C)CC2)cc1C(=O)Nc1ccc(S(N)(=O)=O)cc1. The Bertz CT molecular complexity index is 1170. The van der Waals surface area contributed by atoms with Gasteiger partial charge in [0.1, 0.15) is 5.75 Å². The zero-order chi connectivity index (χ0) is 22.8. The Morgan fingerprint density at radius 2 is 1.55 bits per heavy atom. The summed E-state index contributed by atoms with van der Waals surface area (Å²) in [5.41, 5.74) is 0.347. The van der Waals surface area contributed by atoms with Crippen molar-refractivity contribution in [2.75, 3.05) is 45.7 Å². The summed E-state index contributed by atoms with van der Waals surface area (Å²) in [5.74, 6) is -0.397. The van der Waals surface area contributed by atoms with Gasteiger partial charge >= 0.3 is 0 Å². The Morgan fingerprint density at radius 3 is 2.10 bits per heavy atom. The van der Waals surface area contributed by atoms with Crippen molar-refractivity contribution in [2.24, 2.45) is 5.14 Å². The van der Waals surface area contributed by atoms with Crippen molar-refractivity contribution in [1.29, 1.82) is 0 Å². The molecule has 0 bridgehead atoms. The van der Waals surface area contributed by atoms with Crippen molar-refractivity contribution in [3.05, 3.63) is 48.0 Å². The predicted octanol–water partition coefficient (Wildman–Crippen LogP) is 0.531. The van der Waals surface area contributed by atoms with Crippen LogP contribution in [0.1, 0.15) is 10.4 Å². The number of benzene rings is 2. The van der Waals surface area contributed by atoms with Crippen LogP contribution < -0.4 is 15.2 Å². The highest BCUT2D eigenvalue weighted by molar-refractivity contribution is 7.89. The van der Waals surface area contributed by atoms with Crippen LogP contribution in [0.5, 0.6) is 5.75 Å². The van der Waals surface area contributed by atoms with Crippen molar-refractivity contribution in [1.82, 2.24) is 9.21 Å². The number of primary sulfonamides is 1. The molecule has 3 N–H and O–H groups in total. The monoisotopic (exact) mass is 468 g/mol. The van der Waals surface area contributed by atoms with Crippen molar-refractivity contribution < 1.29 is 26.4 Å². The molecule has 2 aromatic rings. The summed E-state index contributed by atoms with van der Waals surface area (Å²) >= 11 is 0. The van der Waals surface area contributed by atoms with E-state index in [4.69, 9.17) is 9.88 Å². The number of hydrogen-bond acceptors (Lipinski definition) is 7. The van der Waals surface area contributed by atoms with E-state index in [1.807, 2.05) is 11.9 Å². The van der Waals surface area contributed by atoms with E-state index < -0.39 is 26.0 Å². The fourth-order valence-electron chi connectivity index (χ4n) is 3.13. The van der Waals surface area contributed by atoms with Gasteiger partial charge in [-0.1, -0.05) is 0 Å². The van der Waals surface area contributed by atoms with E-state index in [9.17, 15) is 21.6 Å². The van der Waals surface area contributed by atoms with Gasteiger partial charge in [-0.05, 0) is 49.5 Å². The maximum Gasteiger partial charge on any atom is 0.259 e. The highest BCUT2D eigenvalue weighted by Gasteiger charge is 2.29. The molecule has 31 heavy (non-hydrogen) atoms. The van der Waals surface area contributed by atoms with Crippen LogP contribution in [0.15, 0.2) is 52.3 Å². The third-order valence-corrected chi connectivity index (χ3v) is 7.78. The predicted molar refractivity (Wildman–Crippen MR) is 115 cm³/mol. The number of ether oxygens (including phenoxy) is 1. The Hall–Kier alpha value is -2.51. The Labute approximate surface area is 181 Å². The minimum Gasteiger partial charge on any atom is -0.496 e. The number of carbonyl (C=O) groups excluding carboxylic acids is 1. The standard InChI is InChI=1S/C19H24N4O6S2/c1-22-9-11-23(12-10-22)31(27,28)16-7-8-18(29-2)17(13-16)19(24)21-14-3-5-15(6-4-14)30(20,25)26/h3-8,13H,9-12H2,1-2H3,(H,21,24)(H2,20,25,26). The second kappa shape index (κ2) is 8.93. The summed E-state index contributed by atoms with van der Waals surface area (Å²) in [6.45, 7) is 1.97. The van der Waals surface area contributed by atoms with Crippen LogP contribution in [0.4, 0.5) is 5.69 Å². The molecule has 1 amide bonds. The second-order valence-corrected chi connectivity index (χ2v) is 10.6. The Morgan fingerprint density at radius 1 is 0.968 bits per heavy atom. The van der Waals surface area contributed by atoms with Crippen molar-refractivity contribution in [3.8, 4) is 5.75 Å². The number of carbonyl (C=O) groups is 1. The molecule has 0 radical (unpaired) electrons. The van der Waals surface area contributed by atoms with Gasteiger partial charge in [0.2, 0.25) is 20.0 Å². The first-order valence-corrected chi connectivity index (χ1v) is 12.3.